The lowest BCUT2D eigenvalue weighted by molar-refractivity contribution is 0.355. The summed E-state index contributed by atoms with van der Waals surface area (Å²) in [4.78, 5) is 32.9. The van der Waals surface area contributed by atoms with E-state index in [9.17, 15) is 9.59 Å². The predicted octanol–water partition coefficient (Wildman–Crippen LogP) is 4.13. The summed E-state index contributed by atoms with van der Waals surface area (Å²) in [5.41, 5.74) is 1.47. The van der Waals surface area contributed by atoms with Gasteiger partial charge in [-0.15, -0.1) is 0 Å². The molecule has 176 valence electrons. The maximum atomic E-state index is 13.0. The Morgan fingerprint density at radius 2 is 1.69 bits per heavy atom. The maximum absolute atomic E-state index is 13.0. The number of hydrogen-bond donors (Lipinski definition) is 1. The van der Waals surface area contributed by atoms with Crippen LogP contribution in [0, 0.1) is 0 Å². The fourth-order valence-electron chi connectivity index (χ4n) is 3.74. The zero-order chi connectivity index (χ0) is 24.5. The van der Waals surface area contributed by atoms with Crippen molar-refractivity contribution in [1.29, 1.82) is 0 Å². The molecule has 0 saturated heterocycles. The summed E-state index contributed by atoms with van der Waals surface area (Å²) >= 11 is 5.92. The zero-order valence-corrected chi connectivity index (χ0v) is 19.5. The van der Waals surface area contributed by atoms with E-state index < -0.39 is 11.2 Å². The highest BCUT2D eigenvalue weighted by atomic mass is 35.5. The van der Waals surface area contributed by atoms with Gasteiger partial charge in [-0.25, -0.2) is 4.79 Å². The number of hydrogen-bond acceptors (Lipinski definition) is 7. The quantitative estimate of drug-likeness (QED) is 0.381. The third-order valence-corrected chi connectivity index (χ3v) is 5.80. The van der Waals surface area contributed by atoms with E-state index in [2.05, 4.69) is 15.1 Å². The first-order valence-corrected chi connectivity index (χ1v) is 10.9. The highest BCUT2D eigenvalue weighted by Crippen LogP contribution is 2.32. The SMILES string of the molecule is COc1ccc(-c2noc(-c3ccc4c(=O)n(Cc5ccc(Cl)cc5)c(=O)[nH]c4c3)n2)cc1OC. The number of methoxy groups -OCH3 is 2. The van der Waals surface area contributed by atoms with Gasteiger partial charge in [0.1, 0.15) is 0 Å². The van der Waals surface area contributed by atoms with Crippen LogP contribution in [0.1, 0.15) is 5.56 Å². The summed E-state index contributed by atoms with van der Waals surface area (Å²) in [6.07, 6.45) is 0. The summed E-state index contributed by atoms with van der Waals surface area (Å²) in [6, 6.07) is 17.2. The number of nitrogens with one attached hydrogen (secondary N) is 1. The number of nitrogens with zero attached hydrogens (tertiary/aromatic N) is 3. The Kier molecular flexibility index (Phi) is 5.84. The molecule has 1 N–H and O–H groups in total. The minimum absolute atomic E-state index is 0.126. The molecule has 3 aromatic carbocycles. The molecular weight excluding hydrogens is 472 g/mol. The lowest BCUT2D eigenvalue weighted by atomic mass is 10.1. The van der Waals surface area contributed by atoms with Crippen LogP contribution < -0.4 is 20.7 Å². The van der Waals surface area contributed by atoms with Crippen LogP contribution >= 0.6 is 11.6 Å². The summed E-state index contributed by atoms with van der Waals surface area (Å²) in [6.45, 7) is 0.126. The van der Waals surface area contributed by atoms with Crippen molar-refractivity contribution in [3.63, 3.8) is 0 Å². The smallest absolute Gasteiger partial charge is 0.329 e. The van der Waals surface area contributed by atoms with Crippen LogP contribution in [0.3, 0.4) is 0 Å². The van der Waals surface area contributed by atoms with Gasteiger partial charge in [-0.3, -0.25) is 9.36 Å². The lowest BCUT2D eigenvalue weighted by Gasteiger charge is -2.07. The minimum Gasteiger partial charge on any atom is -0.493 e. The summed E-state index contributed by atoms with van der Waals surface area (Å²) < 4.78 is 17.2. The second kappa shape index (κ2) is 9.11. The second-order valence-electron chi connectivity index (χ2n) is 7.70. The molecule has 0 saturated carbocycles. The Morgan fingerprint density at radius 3 is 2.43 bits per heavy atom. The lowest BCUT2D eigenvalue weighted by Crippen LogP contribution is -2.35. The number of aromatic nitrogens is 4. The Balaban J connectivity index is 1.49. The number of rotatable bonds is 6. The van der Waals surface area contributed by atoms with Crippen molar-refractivity contribution in [2.24, 2.45) is 0 Å². The molecule has 0 aliphatic heterocycles. The van der Waals surface area contributed by atoms with Gasteiger partial charge >= 0.3 is 5.69 Å². The van der Waals surface area contributed by atoms with E-state index in [4.69, 9.17) is 25.6 Å². The van der Waals surface area contributed by atoms with Gasteiger partial charge in [0.2, 0.25) is 5.82 Å². The van der Waals surface area contributed by atoms with E-state index in [1.807, 2.05) is 0 Å². The van der Waals surface area contributed by atoms with E-state index in [0.717, 1.165) is 10.1 Å². The average Bonchev–Trinajstić information content (AvgIpc) is 3.37. The third kappa shape index (κ3) is 4.29. The van der Waals surface area contributed by atoms with Crippen LogP contribution in [0.2, 0.25) is 5.02 Å². The van der Waals surface area contributed by atoms with Crippen molar-refractivity contribution in [3.05, 3.63) is 92.1 Å². The minimum atomic E-state index is -0.522. The summed E-state index contributed by atoms with van der Waals surface area (Å²) in [7, 11) is 3.10. The molecule has 0 aliphatic carbocycles. The Morgan fingerprint density at radius 1 is 0.943 bits per heavy atom. The van der Waals surface area contributed by atoms with E-state index in [0.29, 0.717) is 44.4 Å². The number of halogens is 1. The van der Waals surface area contributed by atoms with Crippen LogP contribution in [0.4, 0.5) is 0 Å². The van der Waals surface area contributed by atoms with Gasteiger partial charge in [0.15, 0.2) is 11.5 Å². The molecule has 2 heterocycles. The van der Waals surface area contributed by atoms with Crippen LogP contribution in [0.25, 0.3) is 33.7 Å². The second-order valence-corrected chi connectivity index (χ2v) is 8.14. The number of aromatic amines is 1. The highest BCUT2D eigenvalue weighted by Gasteiger charge is 2.15. The van der Waals surface area contributed by atoms with Gasteiger partial charge in [0.25, 0.3) is 11.4 Å². The monoisotopic (exact) mass is 490 g/mol. The van der Waals surface area contributed by atoms with Crippen LogP contribution in [0.5, 0.6) is 11.5 Å². The Bertz CT molecular complexity index is 1650. The molecule has 0 spiro atoms. The molecule has 0 amide bonds. The third-order valence-electron chi connectivity index (χ3n) is 5.55. The molecule has 9 nitrogen and oxygen atoms in total. The molecule has 5 aromatic rings. The first-order valence-electron chi connectivity index (χ1n) is 10.5. The van der Waals surface area contributed by atoms with E-state index in [1.54, 1.807) is 74.9 Å². The first kappa shape index (κ1) is 22.4. The van der Waals surface area contributed by atoms with Crippen molar-refractivity contribution in [3.8, 4) is 34.3 Å². The summed E-state index contributed by atoms with van der Waals surface area (Å²) in [5, 5.41) is 4.99. The molecule has 0 atom stereocenters. The van der Waals surface area contributed by atoms with Crippen molar-refractivity contribution in [2.75, 3.05) is 14.2 Å². The molecular formula is C25H19ClN4O5. The van der Waals surface area contributed by atoms with Gasteiger partial charge in [0, 0.05) is 16.1 Å². The molecule has 0 bridgehead atoms. The molecule has 5 rings (SSSR count). The highest BCUT2D eigenvalue weighted by molar-refractivity contribution is 6.30. The molecule has 0 aliphatic rings. The Hall–Kier alpha value is -4.37. The van der Waals surface area contributed by atoms with E-state index in [-0.39, 0.29) is 12.4 Å². The molecule has 2 aromatic heterocycles. The molecule has 35 heavy (non-hydrogen) atoms. The van der Waals surface area contributed by atoms with Crippen molar-refractivity contribution < 1.29 is 14.0 Å². The summed E-state index contributed by atoms with van der Waals surface area (Å²) in [5.74, 6) is 1.71. The number of H-pyrrole nitrogens is 1. The molecule has 10 heteroatoms. The van der Waals surface area contributed by atoms with Crippen molar-refractivity contribution in [1.82, 2.24) is 19.7 Å². The number of benzene rings is 3. The number of fused-ring (bicyclic) bond motifs is 1. The van der Waals surface area contributed by atoms with Crippen molar-refractivity contribution in [2.45, 2.75) is 6.54 Å². The first-order chi connectivity index (χ1) is 17.0. The normalized spacial score (nSPS) is 11.1. The Labute approximate surface area is 203 Å². The fourth-order valence-corrected chi connectivity index (χ4v) is 3.86. The van der Waals surface area contributed by atoms with E-state index in [1.165, 1.54) is 0 Å². The standard InChI is InChI=1S/C25H19ClN4O5/c1-33-20-10-6-15(12-21(20)34-2)22-28-23(35-29-22)16-5-9-18-19(11-16)27-25(32)30(24(18)31)13-14-3-7-17(26)8-4-14/h3-12H,13H2,1-2H3,(H,27,32). The van der Waals surface area contributed by atoms with Gasteiger partial charge < -0.3 is 19.0 Å². The van der Waals surface area contributed by atoms with Gasteiger partial charge in [0.05, 0.1) is 31.7 Å². The predicted molar refractivity (Wildman–Crippen MR) is 131 cm³/mol. The van der Waals surface area contributed by atoms with Gasteiger partial charge in [-0.05, 0) is 54.1 Å². The largest absolute Gasteiger partial charge is 0.493 e. The molecule has 0 unspecified atom stereocenters. The van der Waals surface area contributed by atoms with Crippen LogP contribution in [-0.2, 0) is 6.54 Å². The van der Waals surface area contributed by atoms with E-state index >= 15 is 0 Å². The fraction of sp³-hybridized carbons (Fsp3) is 0.120. The zero-order valence-electron chi connectivity index (χ0n) is 18.7. The van der Waals surface area contributed by atoms with Crippen LogP contribution in [0.15, 0.2) is 74.8 Å². The van der Waals surface area contributed by atoms with Gasteiger partial charge in [-0.1, -0.05) is 28.9 Å². The van der Waals surface area contributed by atoms with Crippen molar-refractivity contribution >= 4 is 22.5 Å². The molecule has 0 radical (unpaired) electrons. The van der Waals surface area contributed by atoms with Crippen LogP contribution in [-0.4, -0.2) is 33.9 Å². The molecule has 0 fully saturated rings. The topological polar surface area (TPSA) is 112 Å². The maximum Gasteiger partial charge on any atom is 0.329 e. The van der Waals surface area contributed by atoms with Gasteiger partial charge in [-0.2, -0.15) is 4.98 Å². The average molecular weight is 491 g/mol. The number of ether oxygens (including phenoxy) is 2.